The van der Waals surface area contributed by atoms with Gasteiger partial charge >= 0.3 is 0 Å². The first-order valence-corrected chi connectivity index (χ1v) is 8.72. The Bertz CT molecular complexity index is 357. The lowest BCUT2D eigenvalue weighted by atomic mass is 9.86. The molecule has 2 bridgehead atoms. The maximum atomic E-state index is 12.7. The van der Waals surface area contributed by atoms with Gasteiger partial charge in [-0.05, 0) is 69.2 Å². The van der Waals surface area contributed by atoms with Crippen molar-refractivity contribution in [2.45, 2.75) is 64.3 Å². The molecule has 20 heavy (non-hydrogen) atoms. The SMILES string of the molecule is CCN(C(=O)CC1CC2CCC1C2)C1CCCC1CN. The van der Waals surface area contributed by atoms with E-state index in [0.29, 0.717) is 23.8 Å². The van der Waals surface area contributed by atoms with Crippen LogP contribution in [0.2, 0.25) is 0 Å². The van der Waals surface area contributed by atoms with Crippen molar-refractivity contribution >= 4 is 5.91 Å². The van der Waals surface area contributed by atoms with Crippen molar-refractivity contribution in [2.24, 2.45) is 29.4 Å². The lowest BCUT2D eigenvalue weighted by molar-refractivity contribution is -0.135. The lowest BCUT2D eigenvalue weighted by Crippen LogP contribution is -2.44. The van der Waals surface area contributed by atoms with Gasteiger partial charge < -0.3 is 10.6 Å². The van der Waals surface area contributed by atoms with Crippen molar-refractivity contribution in [2.75, 3.05) is 13.1 Å². The number of hydrogen-bond donors (Lipinski definition) is 1. The number of nitrogens with zero attached hydrogens (tertiary/aromatic N) is 1. The summed E-state index contributed by atoms with van der Waals surface area (Å²) in [4.78, 5) is 14.9. The topological polar surface area (TPSA) is 46.3 Å². The van der Waals surface area contributed by atoms with Gasteiger partial charge in [0.2, 0.25) is 5.91 Å². The van der Waals surface area contributed by atoms with Crippen LogP contribution in [0.5, 0.6) is 0 Å². The van der Waals surface area contributed by atoms with Crippen LogP contribution < -0.4 is 5.73 Å². The first-order valence-electron chi connectivity index (χ1n) is 8.72. The van der Waals surface area contributed by atoms with Gasteiger partial charge in [-0.15, -0.1) is 0 Å². The summed E-state index contributed by atoms with van der Waals surface area (Å²) in [5.41, 5.74) is 5.89. The van der Waals surface area contributed by atoms with Crippen LogP contribution in [0.1, 0.15) is 58.3 Å². The fourth-order valence-electron chi connectivity index (χ4n) is 5.27. The van der Waals surface area contributed by atoms with Crippen LogP contribution in [0.15, 0.2) is 0 Å². The van der Waals surface area contributed by atoms with Gasteiger partial charge in [0.15, 0.2) is 0 Å². The largest absolute Gasteiger partial charge is 0.340 e. The Kier molecular flexibility index (Phi) is 4.34. The zero-order chi connectivity index (χ0) is 14.1. The van der Waals surface area contributed by atoms with E-state index in [0.717, 1.165) is 37.8 Å². The summed E-state index contributed by atoms with van der Waals surface area (Å²) in [6.07, 6.45) is 9.94. The summed E-state index contributed by atoms with van der Waals surface area (Å²) in [5.74, 6) is 3.44. The van der Waals surface area contributed by atoms with Gasteiger partial charge in [0, 0.05) is 19.0 Å². The van der Waals surface area contributed by atoms with Crippen LogP contribution in [0.25, 0.3) is 0 Å². The first-order chi connectivity index (χ1) is 9.72. The van der Waals surface area contributed by atoms with Gasteiger partial charge in [0.25, 0.3) is 0 Å². The maximum Gasteiger partial charge on any atom is 0.223 e. The van der Waals surface area contributed by atoms with E-state index in [9.17, 15) is 4.79 Å². The molecule has 0 aliphatic heterocycles. The third kappa shape index (κ3) is 2.61. The third-order valence-corrected chi connectivity index (χ3v) is 6.30. The Morgan fingerprint density at radius 3 is 2.60 bits per heavy atom. The van der Waals surface area contributed by atoms with Gasteiger partial charge in [0.05, 0.1) is 0 Å². The van der Waals surface area contributed by atoms with Gasteiger partial charge in [-0.25, -0.2) is 0 Å². The molecule has 3 heteroatoms. The molecule has 114 valence electrons. The van der Waals surface area contributed by atoms with Crippen molar-refractivity contribution in [3.05, 3.63) is 0 Å². The molecule has 0 spiro atoms. The molecule has 5 atom stereocenters. The normalized spacial score (nSPS) is 39.4. The molecule has 0 aromatic carbocycles. The summed E-state index contributed by atoms with van der Waals surface area (Å²) < 4.78 is 0. The number of nitrogens with two attached hydrogens (primary N) is 1. The van der Waals surface area contributed by atoms with E-state index in [1.54, 1.807) is 0 Å². The molecule has 3 aliphatic carbocycles. The highest BCUT2D eigenvalue weighted by Crippen LogP contribution is 2.49. The first kappa shape index (κ1) is 14.4. The quantitative estimate of drug-likeness (QED) is 0.840. The summed E-state index contributed by atoms with van der Waals surface area (Å²) in [6.45, 7) is 3.73. The molecule has 3 fully saturated rings. The minimum atomic E-state index is 0.412. The lowest BCUT2D eigenvalue weighted by Gasteiger charge is -2.33. The molecule has 0 heterocycles. The molecule has 0 aromatic heterocycles. The van der Waals surface area contributed by atoms with Crippen LogP contribution in [-0.4, -0.2) is 29.9 Å². The van der Waals surface area contributed by atoms with Crippen molar-refractivity contribution in [3.63, 3.8) is 0 Å². The van der Waals surface area contributed by atoms with E-state index in [1.807, 2.05) is 0 Å². The molecule has 3 aliphatic rings. The zero-order valence-corrected chi connectivity index (χ0v) is 12.9. The fourth-order valence-corrected chi connectivity index (χ4v) is 5.27. The van der Waals surface area contributed by atoms with E-state index < -0.39 is 0 Å². The Morgan fingerprint density at radius 2 is 2.00 bits per heavy atom. The predicted octanol–water partition coefficient (Wildman–Crippen LogP) is 2.79. The molecule has 3 nitrogen and oxygen atoms in total. The summed E-state index contributed by atoms with van der Waals surface area (Å²) >= 11 is 0. The van der Waals surface area contributed by atoms with E-state index in [-0.39, 0.29) is 0 Å². The Morgan fingerprint density at radius 1 is 1.15 bits per heavy atom. The monoisotopic (exact) mass is 278 g/mol. The molecule has 0 saturated heterocycles. The molecule has 3 rings (SSSR count). The number of rotatable bonds is 5. The molecular weight excluding hydrogens is 248 g/mol. The fraction of sp³-hybridized carbons (Fsp3) is 0.941. The Balaban J connectivity index is 1.59. The smallest absolute Gasteiger partial charge is 0.223 e. The molecular formula is C17H30N2O. The van der Waals surface area contributed by atoms with Crippen LogP contribution in [0.4, 0.5) is 0 Å². The average Bonchev–Trinajstić information content (AvgIpc) is 3.14. The predicted molar refractivity (Wildman–Crippen MR) is 81.1 cm³/mol. The van der Waals surface area contributed by atoms with Crippen LogP contribution >= 0.6 is 0 Å². The zero-order valence-electron chi connectivity index (χ0n) is 12.9. The highest BCUT2D eigenvalue weighted by atomic mass is 16.2. The molecule has 0 aromatic rings. The van der Waals surface area contributed by atoms with Crippen LogP contribution in [0.3, 0.4) is 0 Å². The van der Waals surface area contributed by atoms with Gasteiger partial charge in [0.1, 0.15) is 0 Å². The Labute approximate surface area is 123 Å². The van der Waals surface area contributed by atoms with E-state index in [2.05, 4.69) is 11.8 Å². The van der Waals surface area contributed by atoms with Crippen molar-refractivity contribution in [3.8, 4) is 0 Å². The van der Waals surface area contributed by atoms with E-state index >= 15 is 0 Å². The van der Waals surface area contributed by atoms with E-state index in [4.69, 9.17) is 5.73 Å². The number of amides is 1. The Hall–Kier alpha value is -0.570. The van der Waals surface area contributed by atoms with Crippen molar-refractivity contribution < 1.29 is 4.79 Å². The van der Waals surface area contributed by atoms with Gasteiger partial charge in [-0.2, -0.15) is 0 Å². The van der Waals surface area contributed by atoms with Gasteiger partial charge in [-0.1, -0.05) is 12.8 Å². The van der Waals surface area contributed by atoms with Crippen molar-refractivity contribution in [1.82, 2.24) is 4.90 Å². The third-order valence-electron chi connectivity index (χ3n) is 6.30. The molecule has 5 unspecified atom stereocenters. The molecule has 1 amide bonds. The highest BCUT2D eigenvalue weighted by molar-refractivity contribution is 5.77. The number of hydrogen-bond acceptors (Lipinski definition) is 2. The van der Waals surface area contributed by atoms with Crippen LogP contribution in [0, 0.1) is 23.7 Å². The molecule has 3 saturated carbocycles. The number of carbonyl (C=O) groups is 1. The summed E-state index contributed by atoms with van der Waals surface area (Å²) in [6, 6.07) is 0.427. The maximum absolute atomic E-state index is 12.7. The molecule has 2 N–H and O–H groups in total. The standard InChI is InChI=1S/C17H30N2O/c1-2-19(16-5-3-4-14(16)11-18)17(20)10-15-9-12-6-7-13(15)8-12/h12-16H,2-11,18H2,1H3. The minimum absolute atomic E-state index is 0.412. The van der Waals surface area contributed by atoms with Crippen molar-refractivity contribution in [1.29, 1.82) is 0 Å². The second-order valence-electron chi connectivity index (χ2n) is 7.31. The second-order valence-corrected chi connectivity index (χ2v) is 7.31. The number of fused-ring (bicyclic) bond motifs is 2. The number of carbonyl (C=O) groups excluding carboxylic acids is 1. The van der Waals surface area contributed by atoms with E-state index in [1.165, 1.54) is 38.5 Å². The summed E-state index contributed by atoms with van der Waals surface area (Å²) in [5, 5.41) is 0. The average molecular weight is 278 g/mol. The van der Waals surface area contributed by atoms with Crippen LogP contribution in [-0.2, 0) is 4.79 Å². The highest BCUT2D eigenvalue weighted by Gasteiger charge is 2.41. The molecule has 0 radical (unpaired) electrons. The van der Waals surface area contributed by atoms with Gasteiger partial charge in [-0.3, -0.25) is 4.79 Å². The second kappa shape index (κ2) is 6.05. The summed E-state index contributed by atoms with van der Waals surface area (Å²) in [7, 11) is 0. The minimum Gasteiger partial charge on any atom is -0.340 e.